The monoisotopic (exact) mass is 330 g/mol. The zero-order valence-corrected chi connectivity index (χ0v) is 13.3. The fraction of sp³-hybridized carbons (Fsp3) is 0.125. The molecule has 2 aromatic heterocycles. The van der Waals surface area contributed by atoms with E-state index in [0.717, 1.165) is 22.6 Å². The first kappa shape index (κ1) is 14.7. The predicted octanol–water partition coefficient (Wildman–Crippen LogP) is 3.94. The largest absolute Gasteiger partial charge is 0.364 e. The molecule has 22 heavy (non-hydrogen) atoms. The van der Waals surface area contributed by atoms with Gasteiger partial charge in [-0.3, -0.25) is 0 Å². The number of fused-ring (bicyclic) bond motifs is 1. The molecular formula is C16H12Cl2N4. The van der Waals surface area contributed by atoms with Crippen LogP contribution in [0, 0.1) is 19.3 Å². The molecule has 0 atom stereocenters. The highest BCUT2D eigenvalue weighted by Gasteiger charge is 2.07. The zero-order valence-electron chi connectivity index (χ0n) is 11.8. The lowest BCUT2D eigenvalue weighted by Crippen LogP contribution is -2.06. The third kappa shape index (κ3) is 2.87. The Bertz CT molecular complexity index is 893. The third-order valence-corrected chi connectivity index (χ3v) is 3.97. The van der Waals surface area contributed by atoms with Crippen LogP contribution >= 0.6 is 23.2 Å². The molecule has 0 unspecified atom stereocenters. The minimum Gasteiger partial charge on any atom is -0.364 e. The SMILES string of the molecule is C#Cc1cn2nc(NCc3ccc(Cl)c(Cl)c3)c(C)cc2n1. The van der Waals surface area contributed by atoms with Crippen molar-refractivity contribution < 1.29 is 0 Å². The molecule has 2 heterocycles. The highest BCUT2D eigenvalue weighted by atomic mass is 35.5. The van der Waals surface area contributed by atoms with Crippen LogP contribution in [0.2, 0.25) is 10.0 Å². The highest BCUT2D eigenvalue weighted by Crippen LogP contribution is 2.23. The van der Waals surface area contributed by atoms with Gasteiger partial charge >= 0.3 is 0 Å². The Morgan fingerprint density at radius 2 is 2.09 bits per heavy atom. The van der Waals surface area contributed by atoms with E-state index >= 15 is 0 Å². The quantitative estimate of drug-likeness (QED) is 0.739. The number of benzene rings is 1. The van der Waals surface area contributed by atoms with Crippen LogP contribution in [0.1, 0.15) is 16.8 Å². The number of anilines is 1. The van der Waals surface area contributed by atoms with E-state index in [2.05, 4.69) is 21.3 Å². The first-order chi connectivity index (χ1) is 10.6. The van der Waals surface area contributed by atoms with E-state index in [9.17, 15) is 0 Å². The van der Waals surface area contributed by atoms with E-state index in [0.29, 0.717) is 22.3 Å². The molecule has 0 aliphatic carbocycles. The third-order valence-electron chi connectivity index (χ3n) is 3.23. The molecule has 0 spiro atoms. The van der Waals surface area contributed by atoms with Gasteiger partial charge < -0.3 is 5.32 Å². The van der Waals surface area contributed by atoms with E-state index in [4.69, 9.17) is 29.6 Å². The standard InChI is InChI=1S/C16H12Cl2N4/c1-3-12-9-22-15(20-12)6-10(2)16(21-22)19-8-11-4-5-13(17)14(18)7-11/h1,4-7,9H,8H2,2H3,(H,19,21). The number of terminal acetylenes is 1. The van der Waals surface area contributed by atoms with Crippen molar-refractivity contribution in [2.45, 2.75) is 13.5 Å². The summed E-state index contributed by atoms with van der Waals surface area (Å²) in [6.45, 7) is 2.56. The number of rotatable bonds is 3. The van der Waals surface area contributed by atoms with Crippen LogP contribution in [-0.4, -0.2) is 14.6 Å². The van der Waals surface area contributed by atoms with Gasteiger partial charge in [0.05, 0.1) is 16.2 Å². The average Bonchev–Trinajstić information content (AvgIpc) is 2.90. The van der Waals surface area contributed by atoms with Gasteiger partial charge in [-0.15, -0.1) is 11.5 Å². The zero-order chi connectivity index (χ0) is 15.7. The average molecular weight is 331 g/mol. The molecule has 0 saturated carbocycles. The second-order valence-electron chi connectivity index (χ2n) is 4.85. The summed E-state index contributed by atoms with van der Waals surface area (Å²) in [5.74, 6) is 3.27. The molecule has 1 aromatic carbocycles. The maximum atomic E-state index is 6.02. The number of hydrogen-bond donors (Lipinski definition) is 1. The molecule has 3 rings (SSSR count). The predicted molar refractivity (Wildman–Crippen MR) is 89.4 cm³/mol. The Morgan fingerprint density at radius 1 is 1.27 bits per heavy atom. The Morgan fingerprint density at radius 3 is 2.82 bits per heavy atom. The van der Waals surface area contributed by atoms with Crippen LogP contribution in [-0.2, 0) is 6.54 Å². The molecular weight excluding hydrogens is 319 g/mol. The second kappa shape index (κ2) is 5.88. The van der Waals surface area contributed by atoms with E-state index in [1.165, 1.54) is 0 Å². The van der Waals surface area contributed by atoms with Crippen molar-refractivity contribution >= 4 is 34.7 Å². The van der Waals surface area contributed by atoms with Crippen molar-refractivity contribution in [2.75, 3.05) is 5.32 Å². The van der Waals surface area contributed by atoms with Crippen molar-refractivity contribution in [3.8, 4) is 12.3 Å². The Kier molecular flexibility index (Phi) is 3.93. The number of aryl methyl sites for hydroxylation is 1. The van der Waals surface area contributed by atoms with Crippen LogP contribution < -0.4 is 5.32 Å². The Balaban J connectivity index is 1.85. The number of imidazole rings is 1. The summed E-state index contributed by atoms with van der Waals surface area (Å²) >= 11 is 11.9. The molecule has 0 aliphatic rings. The summed E-state index contributed by atoms with van der Waals surface area (Å²) in [4.78, 5) is 4.28. The number of aromatic nitrogens is 3. The summed E-state index contributed by atoms with van der Waals surface area (Å²) in [7, 11) is 0. The van der Waals surface area contributed by atoms with Crippen molar-refractivity contribution in [3.63, 3.8) is 0 Å². The lowest BCUT2D eigenvalue weighted by atomic mass is 10.2. The summed E-state index contributed by atoms with van der Waals surface area (Å²) < 4.78 is 1.67. The molecule has 0 bridgehead atoms. The lowest BCUT2D eigenvalue weighted by Gasteiger charge is -2.09. The highest BCUT2D eigenvalue weighted by molar-refractivity contribution is 6.42. The van der Waals surface area contributed by atoms with Gasteiger partial charge in [0.1, 0.15) is 11.5 Å². The van der Waals surface area contributed by atoms with Crippen LogP contribution in [0.4, 0.5) is 5.82 Å². The van der Waals surface area contributed by atoms with Crippen molar-refractivity contribution in [1.82, 2.24) is 14.6 Å². The number of nitrogens with zero attached hydrogens (tertiary/aromatic N) is 3. The number of nitrogens with one attached hydrogen (secondary N) is 1. The molecule has 110 valence electrons. The van der Waals surface area contributed by atoms with E-state index < -0.39 is 0 Å². The smallest absolute Gasteiger partial charge is 0.155 e. The van der Waals surface area contributed by atoms with Gasteiger partial charge in [-0.2, -0.15) is 0 Å². The van der Waals surface area contributed by atoms with Crippen molar-refractivity contribution in [2.24, 2.45) is 0 Å². The maximum absolute atomic E-state index is 6.02. The first-order valence-corrected chi connectivity index (χ1v) is 7.34. The molecule has 0 radical (unpaired) electrons. The van der Waals surface area contributed by atoms with Gasteiger partial charge in [0.25, 0.3) is 0 Å². The molecule has 0 fully saturated rings. The normalized spacial score (nSPS) is 10.6. The summed E-state index contributed by atoms with van der Waals surface area (Å²) in [5.41, 5.74) is 3.30. The minimum atomic E-state index is 0.536. The Hall–Kier alpha value is -2.22. The van der Waals surface area contributed by atoms with Crippen LogP contribution in [0.15, 0.2) is 30.5 Å². The first-order valence-electron chi connectivity index (χ1n) is 6.58. The Labute approximate surface area is 138 Å². The summed E-state index contributed by atoms with van der Waals surface area (Å²) in [6.07, 6.45) is 7.08. The fourth-order valence-electron chi connectivity index (χ4n) is 2.09. The summed E-state index contributed by atoms with van der Waals surface area (Å²) in [6, 6.07) is 7.46. The van der Waals surface area contributed by atoms with Gasteiger partial charge in [0.2, 0.25) is 0 Å². The molecule has 0 amide bonds. The number of halogens is 2. The van der Waals surface area contributed by atoms with Gasteiger partial charge in [-0.1, -0.05) is 29.3 Å². The van der Waals surface area contributed by atoms with E-state index in [-0.39, 0.29) is 0 Å². The fourth-order valence-corrected chi connectivity index (χ4v) is 2.41. The molecule has 4 nitrogen and oxygen atoms in total. The van der Waals surface area contributed by atoms with Crippen molar-refractivity contribution in [1.29, 1.82) is 0 Å². The molecule has 0 aliphatic heterocycles. The van der Waals surface area contributed by atoms with E-state index in [1.807, 2.05) is 25.1 Å². The second-order valence-corrected chi connectivity index (χ2v) is 5.67. The van der Waals surface area contributed by atoms with Crippen LogP contribution in [0.25, 0.3) is 5.65 Å². The maximum Gasteiger partial charge on any atom is 0.155 e. The molecule has 1 N–H and O–H groups in total. The molecule has 0 saturated heterocycles. The van der Waals surface area contributed by atoms with E-state index in [1.54, 1.807) is 16.8 Å². The van der Waals surface area contributed by atoms with Gasteiger partial charge in [0, 0.05) is 6.54 Å². The van der Waals surface area contributed by atoms with Crippen LogP contribution in [0.3, 0.4) is 0 Å². The van der Waals surface area contributed by atoms with Crippen molar-refractivity contribution in [3.05, 3.63) is 57.3 Å². The lowest BCUT2D eigenvalue weighted by molar-refractivity contribution is 0.916. The number of hydrogen-bond acceptors (Lipinski definition) is 3. The summed E-state index contributed by atoms with van der Waals surface area (Å²) in [5, 5.41) is 8.85. The molecule has 3 aromatic rings. The molecule has 6 heteroatoms. The minimum absolute atomic E-state index is 0.536. The van der Waals surface area contributed by atoms with Crippen LogP contribution in [0.5, 0.6) is 0 Å². The topological polar surface area (TPSA) is 42.2 Å². The van der Waals surface area contributed by atoms with Gasteiger partial charge in [-0.05, 0) is 42.2 Å². The van der Waals surface area contributed by atoms with Gasteiger partial charge in [-0.25, -0.2) is 9.50 Å². The van der Waals surface area contributed by atoms with Gasteiger partial charge in [0.15, 0.2) is 5.65 Å².